The lowest BCUT2D eigenvalue weighted by Crippen LogP contribution is -2.32. The quantitative estimate of drug-likeness (QED) is 0.186. The molecule has 0 fully saturated rings. The van der Waals surface area contributed by atoms with Crippen LogP contribution in [0, 0.1) is 11.3 Å². The Bertz CT molecular complexity index is 2660. The zero-order chi connectivity index (χ0) is 34.6. The Balaban J connectivity index is 1.27. The first-order valence-electron chi connectivity index (χ1n) is 17.4. The van der Waals surface area contributed by atoms with Gasteiger partial charge in [0.1, 0.15) is 0 Å². The van der Waals surface area contributed by atoms with Crippen molar-refractivity contribution in [2.75, 3.05) is 0 Å². The third-order valence-corrected chi connectivity index (χ3v) is 11.6. The van der Waals surface area contributed by atoms with Crippen molar-refractivity contribution in [3.63, 3.8) is 0 Å². The van der Waals surface area contributed by atoms with Crippen LogP contribution in [-0.2, 0) is 5.41 Å². The van der Waals surface area contributed by atoms with E-state index in [1.54, 1.807) is 0 Å². The highest BCUT2D eigenvalue weighted by Crippen LogP contribution is 2.64. The summed E-state index contributed by atoms with van der Waals surface area (Å²) < 4.78 is 0. The molecule has 7 aromatic carbocycles. The molecule has 1 aliphatic heterocycles. The summed E-state index contributed by atoms with van der Waals surface area (Å²) in [7, 11) is 0. The van der Waals surface area contributed by atoms with Gasteiger partial charge in [-0.2, -0.15) is 5.26 Å². The number of rotatable bonds is 4. The van der Waals surface area contributed by atoms with Crippen molar-refractivity contribution in [1.82, 2.24) is 9.97 Å². The van der Waals surface area contributed by atoms with E-state index in [0.717, 1.165) is 39.2 Å². The molecule has 0 amide bonds. The Morgan fingerprint density at radius 2 is 1.02 bits per heavy atom. The van der Waals surface area contributed by atoms with Crippen LogP contribution in [0.5, 0.6) is 0 Å². The van der Waals surface area contributed by atoms with Gasteiger partial charge in [0.15, 0.2) is 5.82 Å². The van der Waals surface area contributed by atoms with E-state index in [4.69, 9.17) is 9.97 Å². The summed E-state index contributed by atoms with van der Waals surface area (Å²) in [6.45, 7) is 0. The molecule has 0 bridgehead atoms. The number of benzene rings is 7. The lowest BCUT2D eigenvalue weighted by molar-refractivity contribution is 0.723. The van der Waals surface area contributed by atoms with Crippen LogP contribution in [0.1, 0.15) is 27.8 Å². The summed E-state index contributed by atoms with van der Waals surface area (Å²) in [4.78, 5) is 13.1. The molecule has 1 spiro atoms. The van der Waals surface area contributed by atoms with Crippen LogP contribution in [0.15, 0.2) is 186 Å². The fraction of sp³-hybridized carbons (Fsp3) is 0.0208. The molecular formula is C48H29N3S. The molecule has 0 radical (unpaired) electrons. The third kappa shape index (κ3) is 4.53. The van der Waals surface area contributed by atoms with Crippen molar-refractivity contribution >= 4 is 11.8 Å². The van der Waals surface area contributed by atoms with Crippen LogP contribution >= 0.6 is 11.8 Å². The zero-order valence-corrected chi connectivity index (χ0v) is 28.8. The Morgan fingerprint density at radius 3 is 1.71 bits per heavy atom. The van der Waals surface area contributed by atoms with E-state index < -0.39 is 5.41 Å². The molecule has 4 heteroatoms. The van der Waals surface area contributed by atoms with Gasteiger partial charge in [-0.25, -0.2) is 9.97 Å². The largest absolute Gasteiger partial charge is 0.228 e. The van der Waals surface area contributed by atoms with E-state index in [-0.39, 0.29) is 0 Å². The molecule has 1 atom stereocenters. The molecule has 2 aliphatic rings. The van der Waals surface area contributed by atoms with Gasteiger partial charge in [-0.1, -0.05) is 163 Å². The molecule has 0 N–H and O–H groups in total. The predicted octanol–water partition coefficient (Wildman–Crippen LogP) is 11.8. The highest BCUT2D eigenvalue weighted by atomic mass is 32.2. The minimum absolute atomic E-state index is 0.568. The normalized spacial score (nSPS) is 14.9. The summed E-state index contributed by atoms with van der Waals surface area (Å²) in [5.74, 6) is 0.703. The smallest absolute Gasteiger partial charge is 0.161 e. The maximum atomic E-state index is 9.51. The standard InChI is InChI=1S/C48H29N3S/c49-30-31-25-27-32(28-26-31)35-18-11-23-41-46(35)52-44-24-10-9-21-39(44)48(41)38-20-8-7-17-36(38)45-37(19-12-22-40(45)48)47-50-42(33-13-3-1-4-14-33)29-43(51-47)34-15-5-2-6-16-34/h1-29H. The van der Waals surface area contributed by atoms with Crippen molar-refractivity contribution in [1.29, 1.82) is 5.26 Å². The molecule has 2 heterocycles. The Morgan fingerprint density at radius 1 is 0.462 bits per heavy atom. The molecule has 242 valence electrons. The molecule has 10 rings (SSSR count). The first-order chi connectivity index (χ1) is 25.7. The van der Waals surface area contributed by atoms with E-state index in [9.17, 15) is 5.26 Å². The first kappa shape index (κ1) is 30.3. The topological polar surface area (TPSA) is 49.6 Å². The van der Waals surface area contributed by atoms with Gasteiger partial charge in [0.25, 0.3) is 0 Å². The SMILES string of the molecule is N#Cc1ccc(-c2cccc3c2Sc2ccccc2C32c3ccccc3-c3c(-c4nc(-c5ccccc5)cc(-c5ccccc5)n4)cccc32)cc1. The van der Waals surface area contributed by atoms with Crippen molar-refractivity contribution < 1.29 is 0 Å². The van der Waals surface area contributed by atoms with E-state index >= 15 is 0 Å². The Hall–Kier alpha value is -6.54. The second-order valence-corrected chi connectivity index (χ2v) is 14.2. The van der Waals surface area contributed by atoms with E-state index in [2.05, 4.69) is 158 Å². The molecule has 1 aromatic heterocycles. The van der Waals surface area contributed by atoms with E-state index in [0.29, 0.717) is 11.4 Å². The number of hydrogen-bond donors (Lipinski definition) is 0. The highest BCUT2D eigenvalue weighted by molar-refractivity contribution is 7.99. The maximum Gasteiger partial charge on any atom is 0.161 e. The van der Waals surface area contributed by atoms with Crippen LogP contribution in [0.25, 0.3) is 56.2 Å². The minimum atomic E-state index is -0.568. The third-order valence-electron chi connectivity index (χ3n) is 10.4. The van der Waals surface area contributed by atoms with Crippen LogP contribution in [-0.4, -0.2) is 9.97 Å². The highest BCUT2D eigenvalue weighted by Gasteiger charge is 2.51. The number of nitrogens with zero attached hydrogens (tertiary/aromatic N) is 3. The molecule has 3 nitrogen and oxygen atoms in total. The average molecular weight is 680 g/mol. The number of aromatic nitrogens is 2. The molecule has 0 saturated carbocycles. The fourth-order valence-electron chi connectivity index (χ4n) is 8.19. The van der Waals surface area contributed by atoms with Gasteiger partial charge >= 0.3 is 0 Å². The van der Waals surface area contributed by atoms with Gasteiger partial charge in [0, 0.05) is 26.5 Å². The summed E-state index contributed by atoms with van der Waals surface area (Å²) in [6, 6.07) is 64.2. The lowest BCUT2D eigenvalue weighted by Gasteiger charge is -2.40. The number of hydrogen-bond acceptors (Lipinski definition) is 4. The predicted molar refractivity (Wildman–Crippen MR) is 210 cm³/mol. The van der Waals surface area contributed by atoms with Crippen LogP contribution in [0.4, 0.5) is 0 Å². The van der Waals surface area contributed by atoms with Crippen molar-refractivity contribution in [3.05, 3.63) is 204 Å². The summed E-state index contributed by atoms with van der Waals surface area (Å²) in [6.07, 6.45) is 0. The van der Waals surface area contributed by atoms with Gasteiger partial charge in [-0.05, 0) is 68.8 Å². The zero-order valence-electron chi connectivity index (χ0n) is 28.0. The molecule has 52 heavy (non-hydrogen) atoms. The van der Waals surface area contributed by atoms with Gasteiger partial charge < -0.3 is 0 Å². The average Bonchev–Trinajstić information content (AvgIpc) is 3.52. The maximum absolute atomic E-state index is 9.51. The molecule has 8 aromatic rings. The van der Waals surface area contributed by atoms with Gasteiger partial charge in [-0.3, -0.25) is 0 Å². The summed E-state index contributed by atoms with van der Waals surface area (Å²) >= 11 is 1.83. The van der Waals surface area contributed by atoms with Crippen molar-refractivity contribution in [2.24, 2.45) is 0 Å². The van der Waals surface area contributed by atoms with Crippen LogP contribution < -0.4 is 0 Å². The molecule has 0 saturated heterocycles. The van der Waals surface area contributed by atoms with Gasteiger partial charge in [0.05, 0.1) is 28.4 Å². The fourth-order valence-corrected chi connectivity index (χ4v) is 9.52. The first-order valence-corrected chi connectivity index (χ1v) is 18.2. The van der Waals surface area contributed by atoms with Crippen LogP contribution in [0.3, 0.4) is 0 Å². The molecule has 1 unspecified atom stereocenters. The Labute approximate surface area is 307 Å². The van der Waals surface area contributed by atoms with Crippen molar-refractivity contribution in [2.45, 2.75) is 15.2 Å². The monoisotopic (exact) mass is 679 g/mol. The Kier molecular flexibility index (Phi) is 7.02. The van der Waals surface area contributed by atoms with Gasteiger partial charge in [0.2, 0.25) is 0 Å². The molecule has 1 aliphatic carbocycles. The number of nitriles is 1. The minimum Gasteiger partial charge on any atom is -0.228 e. The second kappa shape index (κ2) is 12.1. The second-order valence-electron chi connectivity index (χ2n) is 13.2. The molecular weight excluding hydrogens is 651 g/mol. The summed E-state index contributed by atoms with van der Waals surface area (Å²) in [5.41, 5.74) is 14.6. The van der Waals surface area contributed by atoms with Gasteiger partial charge in [-0.15, -0.1) is 0 Å². The van der Waals surface area contributed by atoms with E-state index in [1.165, 1.54) is 43.2 Å². The van der Waals surface area contributed by atoms with Crippen LogP contribution in [0.2, 0.25) is 0 Å². The van der Waals surface area contributed by atoms with Crippen molar-refractivity contribution in [3.8, 4) is 62.2 Å². The number of fused-ring (bicyclic) bond motifs is 9. The van der Waals surface area contributed by atoms with E-state index in [1.807, 2.05) is 36.0 Å². The summed E-state index contributed by atoms with van der Waals surface area (Å²) in [5, 5.41) is 9.51. The lowest BCUT2D eigenvalue weighted by atomic mass is 9.67.